The van der Waals surface area contributed by atoms with Crippen LogP contribution in [-0.4, -0.2) is 35.0 Å². The highest BCUT2D eigenvalue weighted by Crippen LogP contribution is 2.39. The Hall–Kier alpha value is -1.58. The second kappa shape index (κ2) is 6.73. The molecular formula is C16H25NO3. The number of nitrogens with zero attached hydrogens (tertiary/aromatic N) is 1. The second-order valence-electron chi connectivity index (χ2n) is 5.87. The molecule has 4 heteroatoms. The number of hydrogen-bond donors (Lipinski definition) is 1. The number of amides is 1. The summed E-state index contributed by atoms with van der Waals surface area (Å²) in [5.74, 6) is -0.933. The van der Waals surface area contributed by atoms with Crippen molar-refractivity contribution in [2.45, 2.75) is 33.1 Å². The van der Waals surface area contributed by atoms with Gasteiger partial charge < -0.3 is 10.0 Å². The molecule has 112 valence electrons. The van der Waals surface area contributed by atoms with Crippen LogP contribution in [-0.2, 0) is 9.59 Å². The van der Waals surface area contributed by atoms with Crippen molar-refractivity contribution < 1.29 is 14.7 Å². The third-order valence-corrected chi connectivity index (χ3v) is 4.40. The zero-order valence-corrected chi connectivity index (χ0v) is 12.5. The van der Waals surface area contributed by atoms with Crippen LogP contribution in [0, 0.1) is 17.3 Å². The van der Waals surface area contributed by atoms with Gasteiger partial charge in [0.1, 0.15) is 0 Å². The fourth-order valence-corrected chi connectivity index (χ4v) is 2.87. The van der Waals surface area contributed by atoms with Gasteiger partial charge in [-0.05, 0) is 25.2 Å². The van der Waals surface area contributed by atoms with Gasteiger partial charge in [-0.1, -0.05) is 26.0 Å². The minimum absolute atomic E-state index is 0.00931. The largest absolute Gasteiger partial charge is 0.481 e. The quantitative estimate of drug-likeness (QED) is 0.729. The number of likely N-dealkylation sites (tertiary alicyclic amines) is 1. The van der Waals surface area contributed by atoms with E-state index in [1.807, 2.05) is 13.8 Å². The normalized spacial score (nSPS) is 22.3. The molecule has 20 heavy (non-hydrogen) atoms. The monoisotopic (exact) mass is 279 g/mol. The second-order valence-corrected chi connectivity index (χ2v) is 5.87. The Bertz CT molecular complexity index is 393. The van der Waals surface area contributed by atoms with Crippen LogP contribution >= 0.6 is 0 Å². The van der Waals surface area contributed by atoms with E-state index in [0.29, 0.717) is 32.4 Å². The Morgan fingerprint density at radius 3 is 2.20 bits per heavy atom. The molecule has 0 bridgehead atoms. The predicted molar refractivity (Wildman–Crippen MR) is 79.2 cm³/mol. The highest BCUT2D eigenvalue weighted by Gasteiger charge is 2.48. The summed E-state index contributed by atoms with van der Waals surface area (Å²) in [6.07, 6.45) is 5.19. The van der Waals surface area contributed by atoms with E-state index in [0.717, 1.165) is 0 Å². The van der Waals surface area contributed by atoms with Gasteiger partial charge in [-0.3, -0.25) is 9.59 Å². The van der Waals surface area contributed by atoms with Gasteiger partial charge in [-0.25, -0.2) is 0 Å². The van der Waals surface area contributed by atoms with Crippen LogP contribution in [0.4, 0.5) is 0 Å². The molecule has 0 saturated carbocycles. The molecule has 0 aromatic rings. The first-order valence-electron chi connectivity index (χ1n) is 7.13. The third kappa shape index (κ3) is 3.11. The summed E-state index contributed by atoms with van der Waals surface area (Å²) in [5, 5.41) is 9.51. The lowest BCUT2D eigenvalue weighted by atomic mass is 9.76. The van der Waals surface area contributed by atoms with Crippen molar-refractivity contribution in [2.75, 3.05) is 13.1 Å². The molecule has 0 aromatic heterocycles. The smallest absolute Gasteiger partial charge is 0.311 e. The summed E-state index contributed by atoms with van der Waals surface area (Å²) in [6.45, 7) is 12.0. The summed E-state index contributed by atoms with van der Waals surface area (Å²) < 4.78 is 0. The van der Waals surface area contributed by atoms with Crippen LogP contribution in [0.2, 0.25) is 0 Å². The van der Waals surface area contributed by atoms with Crippen LogP contribution in [0.1, 0.15) is 33.1 Å². The highest BCUT2D eigenvalue weighted by molar-refractivity contribution is 5.82. The molecule has 0 radical (unpaired) electrons. The maximum Gasteiger partial charge on any atom is 0.311 e. The van der Waals surface area contributed by atoms with Crippen molar-refractivity contribution in [1.82, 2.24) is 4.90 Å². The maximum atomic E-state index is 12.5. The van der Waals surface area contributed by atoms with E-state index in [-0.39, 0.29) is 17.7 Å². The Morgan fingerprint density at radius 2 is 1.85 bits per heavy atom. The van der Waals surface area contributed by atoms with Crippen molar-refractivity contribution >= 4 is 11.9 Å². The summed E-state index contributed by atoms with van der Waals surface area (Å²) in [4.78, 5) is 25.8. The van der Waals surface area contributed by atoms with Crippen molar-refractivity contribution in [3.8, 4) is 0 Å². The molecule has 4 nitrogen and oxygen atoms in total. The molecular weight excluding hydrogens is 254 g/mol. The van der Waals surface area contributed by atoms with Crippen LogP contribution in [0.25, 0.3) is 0 Å². The van der Waals surface area contributed by atoms with Crippen molar-refractivity contribution in [2.24, 2.45) is 17.3 Å². The molecule has 1 fully saturated rings. The van der Waals surface area contributed by atoms with Gasteiger partial charge in [0.15, 0.2) is 0 Å². The van der Waals surface area contributed by atoms with E-state index in [2.05, 4.69) is 13.2 Å². The zero-order valence-electron chi connectivity index (χ0n) is 12.5. The van der Waals surface area contributed by atoms with Crippen LogP contribution in [0.3, 0.4) is 0 Å². The van der Waals surface area contributed by atoms with Crippen molar-refractivity contribution in [1.29, 1.82) is 0 Å². The number of hydrogen-bond acceptors (Lipinski definition) is 2. The predicted octanol–water partition coefficient (Wildman–Crippen LogP) is 2.71. The van der Waals surface area contributed by atoms with E-state index < -0.39 is 11.4 Å². The highest BCUT2D eigenvalue weighted by atomic mass is 16.4. The lowest BCUT2D eigenvalue weighted by Crippen LogP contribution is -2.42. The molecule has 0 aliphatic carbocycles. The number of carboxylic acid groups (broad SMARTS) is 1. The first-order chi connectivity index (χ1) is 9.39. The van der Waals surface area contributed by atoms with Gasteiger partial charge in [0, 0.05) is 19.0 Å². The molecule has 1 aliphatic rings. The van der Waals surface area contributed by atoms with E-state index in [4.69, 9.17) is 0 Å². The average molecular weight is 279 g/mol. The fraction of sp³-hybridized carbons (Fsp3) is 0.625. The molecule has 0 spiro atoms. The third-order valence-electron chi connectivity index (χ3n) is 4.40. The molecule has 1 atom stereocenters. The van der Waals surface area contributed by atoms with Gasteiger partial charge >= 0.3 is 5.97 Å². The minimum Gasteiger partial charge on any atom is -0.481 e. The average Bonchev–Trinajstić information content (AvgIpc) is 2.84. The molecule has 0 aromatic carbocycles. The van der Waals surface area contributed by atoms with E-state index in [9.17, 15) is 14.7 Å². The lowest BCUT2D eigenvalue weighted by Gasteiger charge is -2.29. The van der Waals surface area contributed by atoms with Crippen molar-refractivity contribution in [3.05, 3.63) is 25.3 Å². The molecule has 1 unspecified atom stereocenters. The zero-order chi connectivity index (χ0) is 15.3. The summed E-state index contributed by atoms with van der Waals surface area (Å²) >= 11 is 0. The topological polar surface area (TPSA) is 57.6 Å². The summed E-state index contributed by atoms with van der Waals surface area (Å²) in [6, 6.07) is 0. The number of allylic oxidation sites excluding steroid dienone is 2. The number of carboxylic acids is 1. The van der Waals surface area contributed by atoms with E-state index in [1.165, 1.54) is 0 Å². The fourth-order valence-electron chi connectivity index (χ4n) is 2.87. The molecule has 1 saturated heterocycles. The summed E-state index contributed by atoms with van der Waals surface area (Å²) in [5.41, 5.74) is -0.803. The van der Waals surface area contributed by atoms with E-state index in [1.54, 1.807) is 17.1 Å². The van der Waals surface area contributed by atoms with E-state index >= 15 is 0 Å². The molecule has 1 N–H and O–H groups in total. The van der Waals surface area contributed by atoms with Gasteiger partial charge in [0.05, 0.1) is 5.41 Å². The summed E-state index contributed by atoms with van der Waals surface area (Å²) in [7, 11) is 0. The Balaban J connectivity index is 2.84. The number of carbonyl (C=O) groups is 2. The Kier molecular flexibility index (Phi) is 5.54. The van der Waals surface area contributed by atoms with Gasteiger partial charge in [0.2, 0.25) is 5.91 Å². The molecule has 1 aliphatic heterocycles. The molecule has 1 rings (SSSR count). The van der Waals surface area contributed by atoms with Crippen LogP contribution < -0.4 is 0 Å². The van der Waals surface area contributed by atoms with Gasteiger partial charge in [-0.15, -0.1) is 13.2 Å². The Labute approximate surface area is 121 Å². The van der Waals surface area contributed by atoms with Crippen molar-refractivity contribution in [3.63, 3.8) is 0 Å². The van der Waals surface area contributed by atoms with Gasteiger partial charge in [0.25, 0.3) is 0 Å². The number of aliphatic carboxylic acids is 1. The Morgan fingerprint density at radius 1 is 1.30 bits per heavy atom. The molecule has 1 amide bonds. The molecule has 1 heterocycles. The van der Waals surface area contributed by atoms with Crippen LogP contribution in [0.5, 0.6) is 0 Å². The standard InChI is InChI=1S/C16H25NO3/c1-5-7-13(8-6-2)14(18)17-10-9-16(11-17,12(3)4)15(19)20/h5-6,12-13H,1-2,7-11H2,3-4H3,(H,19,20). The number of carbonyl (C=O) groups excluding carboxylic acids is 1. The first-order valence-corrected chi connectivity index (χ1v) is 7.13. The SMILES string of the molecule is C=CCC(CC=C)C(=O)N1CCC(C(=O)O)(C(C)C)C1. The maximum absolute atomic E-state index is 12.5. The first kappa shape index (κ1) is 16.5. The number of rotatable bonds is 7. The lowest BCUT2D eigenvalue weighted by molar-refractivity contribution is -0.151. The minimum atomic E-state index is -0.803. The van der Waals surface area contributed by atoms with Crippen LogP contribution in [0.15, 0.2) is 25.3 Å². The van der Waals surface area contributed by atoms with Gasteiger partial charge in [-0.2, -0.15) is 0 Å².